The van der Waals surface area contributed by atoms with E-state index in [-0.39, 0.29) is 12.1 Å². The lowest BCUT2D eigenvalue weighted by atomic mass is 10.1. The standard InChI is InChI=1S/C31H38N4O6/c1-31(2,3)41-30(36)35-14-15-38-20-23(35)19-32-18-21-8-10-22(11-9-21)33-26-13-12-25(34-29(26)37-4)24-6-5-7-27-28(24)40-17-16-39-27/h5-13,23,32-33H,14-20H2,1-4H3/t23-/m0/s1. The Kier molecular flexibility index (Phi) is 8.80. The Labute approximate surface area is 240 Å². The number of fused-ring (bicyclic) bond motifs is 1. The van der Waals surface area contributed by atoms with Gasteiger partial charge < -0.3 is 34.3 Å². The lowest BCUT2D eigenvalue weighted by Crippen LogP contribution is -2.54. The average molecular weight is 563 g/mol. The SMILES string of the molecule is COc1nc(-c2cccc3c2OCCO3)ccc1Nc1ccc(CNC[C@H]2COCCN2C(=O)OC(C)(C)C)cc1. The first-order valence-corrected chi connectivity index (χ1v) is 13.9. The normalized spacial score (nSPS) is 16.7. The number of rotatable bonds is 8. The van der Waals surface area contributed by atoms with E-state index in [1.807, 2.05) is 63.2 Å². The molecule has 1 aromatic heterocycles. The van der Waals surface area contributed by atoms with Gasteiger partial charge in [-0.05, 0) is 62.7 Å². The number of pyridine rings is 1. The van der Waals surface area contributed by atoms with Crippen LogP contribution in [0.25, 0.3) is 11.3 Å². The molecule has 0 aliphatic carbocycles. The number of nitrogens with one attached hydrogen (secondary N) is 2. The summed E-state index contributed by atoms with van der Waals surface area (Å²) in [7, 11) is 1.60. The van der Waals surface area contributed by atoms with Gasteiger partial charge >= 0.3 is 6.09 Å². The van der Waals surface area contributed by atoms with Gasteiger partial charge in [-0.2, -0.15) is 0 Å². The van der Waals surface area contributed by atoms with Crippen molar-refractivity contribution < 1.29 is 28.5 Å². The third-order valence-corrected chi connectivity index (χ3v) is 6.69. The molecule has 41 heavy (non-hydrogen) atoms. The van der Waals surface area contributed by atoms with E-state index < -0.39 is 5.60 Å². The number of carbonyl (C=O) groups is 1. The first-order valence-electron chi connectivity index (χ1n) is 13.9. The zero-order valence-electron chi connectivity index (χ0n) is 24.1. The topological polar surface area (TPSA) is 103 Å². The van der Waals surface area contributed by atoms with Gasteiger partial charge in [-0.3, -0.25) is 4.90 Å². The zero-order valence-corrected chi connectivity index (χ0v) is 24.1. The van der Waals surface area contributed by atoms with Crippen LogP contribution in [0.1, 0.15) is 26.3 Å². The minimum Gasteiger partial charge on any atom is -0.486 e. The molecule has 3 aromatic rings. The summed E-state index contributed by atoms with van der Waals surface area (Å²) in [5.74, 6) is 1.90. The van der Waals surface area contributed by atoms with Crippen LogP contribution in [0.15, 0.2) is 54.6 Å². The molecule has 2 aliphatic rings. The molecule has 2 aliphatic heterocycles. The van der Waals surface area contributed by atoms with Crippen LogP contribution in [0, 0.1) is 0 Å². The molecule has 218 valence electrons. The van der Waals surface area contributed by atoms with Crippen molar-refractivity contribution in [3.63, 3.8) is 0 Å². The van der Waals surface area contributed by atoms with Crippen LogP contribution in [0.2, 0.25) is 0 Å². The molecular weight excluding hydrogens is 524 g/mol. The number of benzene rings is 2. The first kappa shape index (κ1) is 28.5. The summed E-state index contributed by atoms with van der Waals surface area (Å²) in [6.07, 6.45) is -0.300. The number of carbonyl (C=O) groups excluding carboxylic acids is 1. The van der Waals surface area contributed by atoms with Gasteiger partial charge in [0.1, 0.15) is 24.5 Å². The fourth-order valence-corrected chi connectivity index (χ4v) is 4.75. The van der Waals surface area contributed by atoms with Crippen LogP contribution in [-0.4, -0.2) is 74.2 Å². The molecular formula is C31H38N4O6. The number of hydrogen-bond donors (Lipinski definition) is 2. The highest BCUT2D eigenvalue weighted by atomic mass is 16.6. The predicted octanol–water partition coefficient (Wildman–Crippen LogP) is 5.00. The molecule has 0 unspecified atom stereocenters. The molecule has 5 rings (SSSR count). The fraction of sp³-hybridized carbons (Fsp3) is 0.419. The minimum absolute atomic E-state index is 0.0806. The number of morpholine rings is 1. The maximum absolute atomic E-state index is 12.6. The molecule has 3 heterocycles. The molecule has 2 N–H and O–H groups in total. The molecule has 0 spiro atoms. The highest BCUT2D eigenvalue weighted by Gasteiger charge is 2.30. The van der Waals surface area contributed by atoms with Crippen molar-refractivity contribution in [1.82, 2.24) is 15.2 Å². The summed E-state index contributed by atoms with van der Waals surface area (Å²) in [5.41, 5.74) is 3.85. The molecule has 10 nitrogen and oxygen atoms in total. The van der Waals surface area contributed by atoms with E-state index in [1.54, 1.807) is 12.0 Å². The second kappa shape index (κ2) is 12.7. The Balaban J connectivity index is 1.18. The molecule has 10 heteroatoms. The Hall–Kier alpha value is -4.02. The van der Waals surface area contributed by atoms with Crippen LogP contribution in [0.3, 0.4) is 0 Å². The molecule has 1 fully saturated rings. The van der Waals surface area contributed by atoms with E-state index in [2.05, 4.69) is 22.8 Å². The van der Waals surface area contributed by atoms with Crippen molar-refractivity contribution in [2.24, 2.45) is 0 Å². The number of ether oxygens (including phenoxy) is 5. The number of amides is 1. The third-order valence-electron chi connectivity index (χ3n) is 6.69. The van der Waals surface area contributed by atoms with E-state index in [0.29, 0.717) is 57.7 Å². The Morgan fingerprint density at radius 2 is 1.85 bits per heavy atom. The number of para-hydroxylation sites is 1. The van der Waals surface area contributed by atoms with Crippen LogP contribution in [-0.2, 0) is 16.0 Å². The third kappa shape index (κ3) is 7.20. The predicted molar refractivity (Wildman–Crippen MR) is 156 cm³/mol. The van der Waals surface area contributed by atoms with Crippen LogP contribution >= 0.6 is 0 Å². The van der Waals surface area contributed by atoms with Crippen molar-refractivity contribution in [2.75, 3.05) is 51.9 Å². The highest BCUT2D eigenvalue weighted by molar-refractivity contribution is 5.75. The smallest absolute Gasteiger partial charge is 0.410 e. The van der Waals surface area contributed by atoms with Crippen molar-refractivity contribution in [3.8, 4) is 28.6 Å². The van der Waals surface area contributed by atoms with Gasteiger partial charge in [-0.1, -0.05) is 18.2 Å². The van der Waals surface area contributed by atoms with Crippen molar-refractivity contribution in [3.05, 3.63) is 60.2 Å². The summed E-state index contributed by atoms with van der Waals surface area (Å²) >= 11 is 0. The molecule has 0 radical (unpaired) electrons. The van der Waals surface area contributed by atoms with E-state index in [0.717, 1.165) is 33.9 Å². The number of hydrogen-bond acceptors (Lipinski definition) is 9. The molecule has 1 amide bonds. The van der Waals surface area contributed by atoms with Crippen LogP contribution < -0.4 is 24.8 Å². The van der Waals surface area contributed by atoms with Crippen molar-refractivity contribution in [2.45, 2.75) is 39.0 Å². The average Bonchev–Trinajstić information content (AvgIpc) is 2.97. The van der Waals surface area contributed by atoms with Gasteiger partial charge in [0.05, 0.1) is 32.1 Å². The van der Waals surface area contributed by atoms with Gasteiger partial charge in [0.25, 0.3) is 0 Å². The quantitative estimate of drug-likeness (QED) is 0.393. The summed E-state index contributed by atoms with van der Waals surface area (Å²) < 4.78 is 28.4. The highest BCUT2D eigenvalue weighted by Crippen LogP contribution is 2.40. The minimum atomic E-state index is -0.531. The Bertz CT molecular complexity index is 1340. The molecule has 2 aromatic carbocycles. The van der Waals surface area contributed by atoms with Gasteiger partial charge in [-0.25, -0.2) is 9.78 Å². The maximum atomic E-state index is 12.6. The van der Waals surface area contributed by atoms with Gasteiger partial charge in [-0.15, -0.1) is 0 Å². The summed E-state index contributed by atoms with van der Waals surface area (Å²) in [6, 6.07) is 17.7. The number of aromatic nitrogens is 1. The molecule has 1 atom stereocenters. The number of methoxy groups -OCH3 is 1. The van der Waals surface area contributed by atoms with Gasteiger partial charge in [0, 0.05) is 30.9 Å². The molecule has 1 saturated heterocycles. The van der Waals surface area contributed by atoms with Crippen LogP contribution in [0.5, 0.6) is 17.4 Å². The summed E-state index contributed by atoms with van der Waals surface area (Å²) in [4.78, 5) is 19.1. The lowest BCUT2D eigenvalue weighted by molar-refractivity contribution is -0.0317. The van der Waals surface area contributed by atoms with Crippen molar-refractivity contribution >= 4 is 17.5 Å². The number of nitrogens with zero attached hydrogens (tertiary/aromatic N) is 2. The van der Waals surface area contributed by atoms with E-state index >= 15 is 0 Å². The number of anilines is 2. The van der Waals surface area contributed by atoms with E-state index in [4.69, 9.17) is 28.7 Å². The Morgan fingerprint density at radius 3 is 2.63 bits per heavy atom. The second-order valence-corrected chi connectivity index (χ2v) is 10.9. The van der Waals surface area contributed by atoms with Crippen molar-refractivity contribution in [1.29, 1.82) is 0 Å². The Morgan fingerprint density at radius 1 is 1.05 bits per heavy atom. The summed E-state index contributed by atoms with van der Waals surface area (Å²) in [5, 5.41) is 6.85. The molecule has 0 bridgehead atoms. The second-order valence-electron chi connectivity index (χ2n) is 10.9. The largest absolute Gasteiger partial charge is 0.486 e. The molecule has 0 saturated carbocycles. The lowest BCUT2D eigenvalue weighted by Gasteiger charge is -2.36. The monoisotopic (exact) mass is 562 g/mol. The maximum Gasteiger partial charge on any atom is 0.410 e. The van der Waals surface area contributed by atoms with Gasteiger partial charge in [0.2, 0.25) is 5.88 Å². The zero-order chi connectivity index (χ0) is 28.8. The first-order chi connectivity index (χ1) is 19.8. The summed E-state index contributed by atoms with van der Waals surface area (Å²) in [6.45, 7) is 9.46. The van der Waals surface area contributed by atoms with E-state index in [9.17, 15) is 4.79 Å². The van der Waals surface area contributed by atoms with E-state index in [1.165, 1.54) is 0 Å². The van der Waals surface area contributed by atoms with Crippen LogP contribution in [0.4, 0.5) is 16.2 Å². The fourth-order valence-electron chi connectivity index (χ4n) is 4.75. The van der Waals surface area contributed by atoms with Gasteiger partial charge in [0.15, 0.2) is 11.5 Å².